The lowest BCUT2D eigenvalue weighted by Crippen LogP contribution is -2.55. The van der Waals surface area contributed by atoms with E-state index in [0.29, 0.717) is 0 Å². The first-order valence-electron chi connectivity index (χ1n) is 44.0. The smallest absolute Gasteiger partial charge is 0.143 e. The molecule has 0 atom stereocenters. The first kappa shape index (κ1) is 69.8. The predicted molar refractivity (Wildman–Crippen MR) is 496 cm³/mol. The fraction of sp³-hybridized carbons (Fsp3) is 0.172. The molecular weight excluding hydrogens is 1450 g/mol. The molecule has 28 rings (SSSR count). The molecule has 2 spiro atoms. The second kappa shape index (κ2) is 27.7. The Morgan fingerprint density at radius 2 is 0.583 bits per heavy atom. The molecule has 0 N–H and O–H groups in total. The van der Waals surface area contributed by atoms with Gasteiger partial charge in [0.2, 0.25) is 0 Å². The molecule has 8 fully saturated rings. The summed E-state index contributed by atoms with van der Waals surface area (Å²) in [6, 6.07) is 139. The second-order valence-corrected chi connectivity index (χ2v) is 36.2. The number of hydrogen-bond acceptors (Lipinski definition) is 4. The van der Waals surface area contributed by atoms with Gasteiger partial charge in [0.25, 0.3) is 0 Å². The summed E-state index contributed by atoms with van der Waals surface area (Å²) in [7, 11) is 0. The van der Waals surface area contributed by atoms with Crippen LogP contribution in [0.4, 0.5) is 34.1 Å². The van der Waals surface area contributed by atoms with Gasteiger partial charge in [-0.1, -0.05) is 279 Å². The van der Waals surface area contributed by atoms with Crippen LogP contribution in [-0.2, 0) is 10.8 Å². The Kier molecular flexibility index (Phi) is 16.1. The van der Waals surface area contributed by atoms with Gasteiger partial charge in [-0.05, 0) is 308 Å². The Balaban J connectivity index is 0.000000133. The Morgan fingerprint density at radius 1 is 0.217 bits per heavy atom. The standard InChI is InChI=1S/2C58H45NO/c1-3-11-39(12-4-1)41-21-26-46(27-22-41)59(47-28-23-42(24-29-47)40-13-5-2-6-14-40)54-19-10-20-55-56(54)50-17-9-16-48(57(50)60-55)43-25-30-53-51(36-43)49-15-7-8-18-52(49)58(53)44-32-37-31-38(34-44)35-45(58)33-37;1-3-10-39(11-4-1)41-18-23-46(24-19-41)59(47-25-20-42(21-26-47)40-12-5-2-6-13-40)48-27-29-52-51-28-22-43(35-55(51)60-56(52)36-48)49-15-9-16-53-50-14-7-8-17-54(50)58(57(49)53)44-31-37-30-38(33-44)34-45(58)32-37/h1-30,36-38,44-45H,31-35H2;1-29,35-38,44-45H,30-34H2. The monoisotopic (exact) mass is 1540 g/mol. The van der Waals surface area contributed by atoms with Crippen LogP contribution in [0.15, 0.2) is 385 Å². The lowest BCUT2D eigenvalue weighted by molar-refractivity contribution is -0.0399. The van der Waals surface area contributed by atoms with Gasteiger partial charge in [-0.3, -0.25) is 0 Å². The summed E-state index contributed by atoms with van der Waals surface area (Å²) < 4.78 is 13.9. The van der Waals surface area contributed by atoms with Crippen molar-refractivity contribution in [2.75, 3.05) is 9.80 Å². The summed E-state index contributed by atoms with van der Waals surface area (Å²) >= 11 is 0. The molecule has 4 heteroatoms. The van der Waals surface area contributed by atoms with E-state index in [0.717, 1.165) is 131 Å². The maximum absolute atomic E-state index is 7.00. The Morgan fingerprint density at radius 3 is 1.11 bits per heavy atom. The summed E-state index contributed by atoms with van der Waals surface area (Å²) in [6.07, 6.45) is 14.0. The average Bonchev–Trinajstić information content (AvgIpc) is 1.49. The highest BCUT2D eigenvalue weighted by molar-refractivity contribution is 6.16. The van der Waals surface area contributed by atoms with Gasteiger partial charge < -0.3 is 18.6 Å². The van der Waals surface area contributed by atoms with E-state index < -0.39 is 0 Å². The minimum atomic E-state index is 0.107. The van der Waals surface area contributed by atoms with Gasteiger partial charge in [0.15, 0.2) is 0 Å². The van der Waals surface area contributed by atoms with E-state index in [4.69, 9.17) is 8.83 Å². The molecular formula is C116H90N2O2. The van der Waals surface area contributed by atoms with Crippen LogP contribution in [0, 0.1) is 47.3 Å². The zero-order valence-corrected chi connectivity index (χ0v) is 67.2. The van der Waals surface area contributed by atoms with Crippen molar-refractivity contribution in [3.8, 4) is 89.0 Å². The van der Waals surface area contributed by atoms with Crippen molar-refractivity contribution in [2.45, 2.75) is 75.0 Å². The number of anilines is 6. The van der Waals surface area contributed by atoms with E-state index >= 15 is 0 Å². The summed E-state index contributed by atoms with van der Waals surface area (Å²) in [6.45, 7) is 0. The Labute approximate surface area is 701 Å². The van der Waals surface area contributed by atoms with E-state index in [-0.39, 0.29) is 10.8 Å². The zero-order valence-electron chi connectivity index (χ0n) is 67.2. The van der Waals surface area contributed by atoms with Crippen molar-refractivity contribution in [1.82, 2.24) is 0 Å². The van der Waals surface area contributed by atoms with E-state index in [1.165, 1.54) is 148 Å². The highest BCUT2D eigenvalue weighted by Gasteiger charge is 2.63. The van der Waals surface area contributed by atoms with Crippen molar-refractivity contribution in [3.63, 3.8) is 0 Å². The molecule has 0 amide bonds. The molecule has 0 unspecified atom stereocenters. The fourth-order valence-corrected chi connectivity index (χ4v) is 25.7. The van der Waals surface area contributed by atoms with Crippen LogP contribution in [-0.4, -0.2) is 0 Å². The molecule has 4 nitrogen and oxygen atoms in total. The number of nitrogens with zero attached hydrogens (tertiary/aromatic N) is 2. The molecule has 576 valence electrons. The molecule has 8 saturated carbocycles. The average molecular weight is 1540 g/mol. The van der Waals surface area contributed by atoms with Crippen molar-refractivity contribution >= 4 is 78.0 Å². The molecule has 2 aromatic heterocycles. The Bertz CT molecular complexity index is 6800. The van der Waals surface area contributed by atoms with Crippen LogP contribution in [0.5, 0.6) is 0 Å². The van der Waals surface area contributed by atoms with Gasteiger partial charge in [0.1, 0.15) is 22.3 Å². The largest absolute Gasteiger partial charge is 0.456 e. The molecule has 16 aromatic carbocycles. The van der Waals surface area contributed by atoms with Gasteiger partial charge in [-0.15, -0.1) is 0 Å². The Hall–Kier alpha value is -13.3. The van der Waals surface area contributed by atoms with Crippen molar-refractivity contribution in [1.29, 1.82) is 0 Å². The van der Waals surface area contributed by atoms with E-state index in [1.54, 1.807) is 22.3 Å². The number of benzene rings is 16. The van der Waals surface area contributed by atoms with Crippen LogP contribution in [0.25, 0.3) is 133 Å². The molecule has 0 radical (unpaired) electrons. The first-order chi connectivity index (χ1) is 59.4. The van der Waals surface area contributed by atoms with Crippen molar-refractivity contribution < 1.29 is 8.83 Å². The first-order valence-corrected chi connectivity index (χ1v) is 44.0. The van der Waals surface area contributed by atoms with Gasteiger partial charge in [-0.2, -0.15) is 0 Å². The number of furan rings is 2. The molecule has 8 bridgehead atoms. The lowest BCUT2D eigenvalue weighted by atomic mass is 9.42. The SMILES string of the molecule is c1ccc(-c2ccc(N(c3ccc(-c4ccccc4)cc3)c3ccc4c(c3)oc3cc(-c5cccc6c5C5(c7ccccc7-6)C6CC7CC(C6)CC5C7)ccc34)cc2)cc1.c1ccc(-c2ccc(N(c3ccc(-c4ccccc4)cc3)c3cccc4oc5c(-c6ccc7c(c6)-c6ccccc6C76C7CC8CC(C7)CC6C8)cccc5c34)cc2)cc1. The van der Waals surface area contributed by atoms with Gasteiger partial charge in [0.05, 0.1) is 11.1 Å². The van der Waals surface area contributed by atoms with Crippen molar-refractivity contribution in [3.05, 3.63) is 398 Å². The summed E-state index contributed by atoms with van der Waals surface area (Å²) in [5, 5.41) is 4.55. The van der Waals surface area contributed by atoms with Crippen LogP contribution in [0.3, 0.4) is 0 Å². The summed E-state index contributed by atoms with van der Waals surface area (Å²) in [4.78, 5) is 4.74. The molecule has 18 aromatic rings. The van der Waals surface area contributed by atoms with Crippen LogP contribution < -0.4 is 9.80 Å². The maximum Gasteiger partial charge on any atom is 0.143 e. The molecule has 0 saturated heterocycles. The molecule has 10 aliphatic carbocycles. The second-order valence-electron chi connectivity index (χ2n) is 36.2. The highest BCUT2D eigenvalue weighted by Crippen LogP contribution is 2.72. The quantitative estimate of drug-likeness (QED) is 0.122. The predicted octanol–water partition coefficient (Wildman–Crippen LogP) is 31.6. The molecule has 0 aliphatic heterocycles. The number of rotatable bonds is 12. The summed E-state index contributed by atoms with van der Waals surface area (Å²) in [5.74, 6) is 6.64. The molecule has 10 aliphatic rings. The highest BCUT2D eigenvalue weighted by atomic mass is 16.3. The zero-order chi connectivity index (χ0) is 78.7. The van der Waals surface area contributed by atoms with Crippen molar-refractivity contribution in [2.24, 2.45) is 47.3 Å². The van der Waals surface area contributed by atoms with E-state index in [1.807, 2.05) is 0 Å². The number of fused-ring (bicyclic) bond motifs is 12. The van der Waals surface area contributed by atoms with Crippen LogP contribution >= 0.6 is 0 Å². The molecule has 2 heterocycles. The third kappa shape index (κ3) is 10.9. The number of para-hydroxylation sites is 1. The summed E-state index contributed by atoms with van der Waals surface area (Å²) in [5.41, 5.74) is 37.3. The minimum Gasteiger partial charge on any atom is -0.456 e. The third-order valence-corrected chi connectivity index (χ3v) is 30.1. The maximum atomic E-state index is 7.00. The lowest BCUT2D eigenvalue weighted by Gasteiger charge is -2.61. The third-order valence-electron chi connectivity index (χ3n) is 30.1. The van der Waals surface area contributed by atoms with Crippen LogP contribution in [0.2, 0.25) is 0 Å². The topological polar surface area (TPSA) is 32.8 Å². The fourth-order valence-electron chi connectivity index (χ4n) is 25.7. The van der Waals surface area contributed by atoms with Crippen LogP contribution in [0.1, 0.15) is 86.5 Å². The minimum absolute atomic E-state index is 0.107. The molecule has 120 heavy (non-hydrogen) atoms. The van der Waals surface area contributed by atoms with Gasteiger partial charge in [0, 0.05) is 67.1 Å². The van der Waals surface area contributed by atoms with E-state index in [2.05, 4.69) is 386 Å². The van der Waals surface area contributed by atoms with Gasteiger partial charge >= 0.3 is 0 Å². The van der Waals surface area contributed by atoms with E-state index in [9.17, 15) is 0 Å². The normalized spacial score (nSPS) is 22.1. The van der Waals surface area contributed by atoms with Gasteiger partial charge in [-0.25, -0.2) is 0 Å². The number of hydrogen-bond donors (Lipinski definition) is 0.